The van der Waals surface area contributed by atoms with Gasteiger partial charge >= 0.3 is 6.01 Å². The van der Waals surface area contributed by atoms with Gasteiger partial charge in [0.1, 0.15) is 0 Å². The average Bonchev–Trinajstić information content (AvgIpc) is 3.44. The van der Waals surface area contributed by atoms with Crippen LogP contribution in [0, 0.1) is 6.92 Å². The van der Waals surface area contributed by atoms with E-state index in [2.05, 4.69) is 31.7 Å². The third-order valence-electron chi connectivity index (χ3n) is 6.38. The molecule has 8 nitrogen and oxygen atoms in total. The molecule has 1 saturated heterocycles. The van der Waals surface area contributed by atoms with Crippen molar-refractivity contribution >= 4 is 35.0 Å². The molecule has 1 aliphatic heterocycles. The van der Waals surface area contributed by atoms with Crippen molar-refractivity contribution in [3.8, 4) is 0 Å². The number of aromatic nitrogens is 3. The molecule has 1 unspecified atom stereocenters. The molecule has 1 amide bonds. The molecule has 170 valence electrons. The van der Waals surface area contributed by atoms with Crippen LogP contribution in [0.4, 0.5) is 17.7 Å². The normalized spacial score (nSPS) is 18.8. The molecule has 9 heteroatoms. The molecule has 4 heterocycles. The van der Waals surface area contributed by atoms with E-state index in [9.17, 15) is 4.79 Å². The number of carbonyl (C=O) groups is 1. The number of hydrogen-bond acceptors (Lipinski definition) is 7. The fourth-order valence-corrected chi connectivity index (χ4v) is 5.69. The van der Waals surface area contributed by atoms with E-state index in [0.29, 0.717) is 24.3 Å². The van der Waals surface area contributed by atoms with Crippen LogP contribution in [-0.2, 0) is 19.9 Å². The number of aryl methyl sites for hydroxylation is 4. The molecule has 32 heavy (non-hydrogen) atoms. The number of thiophene rings is 1. The van der Waals surface area contributed by atoms with Gasteiger partial charge in [0.25, 0.3) is 5.91 Å². The van der Waals surface area contributed by atoms with Gasteiger partial charge in [0.05, 0.1) is 11.1 Å². The Morgan fingerprint density at radius 2 is 2.09 bits per heavy atom. The molecule has 0 aromatic carbocycles. The SMILES string of the molecule is Cc1cc(Nc2ncc(N3CCCC(NC(=O)c4cc5c(s4)CCCCC5)C3)o2)nn1C. The first kappa shape index (κ1) is 21.1. The molecule has 0 bridgehead atoms. The number of anilines is 3. The van der Waals surface area contributed by atoms with E-state index in [0.717, 1.165) is 42.8 Å². The lowest BCUT2D eigenvalue weighted by molar-refractivity contribution is 0.0937. The van der Waals surface area contributed by atoms with Gasteiger partial charge in [-0.1, -0.05) is 6.42 Å². The van der Waals surface area contributed by atoms with Crippen LogP contribution in [0.25, 0.3) is 0 Å². The summed E-state index contributed by atoms with van der Waals surface area (Å²) in [7, 11) is 1.90. The maximum absolute atomic E-state index is 12.9. The second kappa shape index (κ2) is 8.97. The molecule has 0 saturated carbocycles. The second-order valence-corrected chi connectivity index (χ2v) is 9.94. The quantitative estimate of drug-likeness (QED) is 0.562. The fourth-order valence-electron chi connectivity index (χ4n) is 4.53. The van der Waals surface area contributed by atoms with E-state index < -0.39 is 0 Å². The van der Waals surface area contributed by atoms with Gasteiger partial charge in [-0.2, -0.15) is 10.1 Å². The largest absolute Gasteiger partial charge is 0.407 e. The van der Waals surface area contributed by atoms with Crippen LogP contribution in [-0.4, -0.2) is 39.8 Å². The third-order valence-corrected chi connectivity index (χ3v) is 7.62. The molecular formula is C23H30N6O2S. The number of rotatable bonds is 5. The van der Waals surface area contributed by atoms with Crippen LogP contribution in [0.2, 0.25) is 0 Å². The van der Waals surface area contributed by atoms with Crippen LogP contribution in [0.5, 0.6) is 0 Å². The molecule has 3 aromatic rings. The zero-order chi connectivity index (χ0) is 22.1. The summed E-state index contributed by atoms with van der Waals surface area (Å²) >= 11 is 1.68. The Balaban J connectivity index is 1.20. The highest BCUT2D eigenvalue weighted by atomic mass is 32.1. The van der Waals surface area contributed by atoms with Gasteiger partial charge in [0, 0.05) is 42.8 Å². The van der Waals surface area contributed by atoms with Crippen molar-refractivity contribution in [3.63, 3.8) is 0 Å². The van der Waals surface area contributed by atoms with Crippen molar-refractivity contribution in [2.24, 2.45) is 7.05 Å². The van der Waals surface area contributed by atoms with Crippen molar-refractivity contribution in [3.05, 3.63) is 39.3 Å². The number of hydrogen-bond donors (Lipinski definition) is 2. The van der Waals surface area contributed by atoms with Crippen molar-refractivity contribution in [2.45, 2.75) is 57.9 Å². The summed E-state index contributed by atoms with van der Waals surface area (Å²) in [6.07, 6.45) is 9.69. The van der Waals surface area contributed by atoms with Crippen molar-refractivity contribution in [2.75, 3.05) is 23.3 Å². The highest BCUT2D eigenvalue weighted by Gasteiger charge is 2.25. The molecular weight excluding hydrogens is 424 g/mol. The Morgan fingerprint density at radius 3 is 2.94 bits per heavy atom. The van der Waals surface area contributed by atoms with Crippen molar-refractivity contribution in [1.82, 2.24) is 20.1 Å². The van der Waals surface area contributed by atoms with Gasteiger partial charge < -0.3 is 14.6 Å². The van der Waals surface area contributed by atoms with Gasteiger partial charge in [0.2, 0.25) is 5.88 Å². The van der Waals surface area contributed by atoms with Gasteiger partial charge in [-0.3, -0.25) is 14.8 Å². The Hall–Kier alpha value is -2.81. The zero-order valence-electron chi connectivity index (χ0n) is 18.7. The van der Waals surface area contributed by atoms with Crippen LogP contribution < -0.4 is 15.5 Å². The maximum Gasteiger partial charge on any atom is 0.302 e. The number of nitrogens with one attached hydrogen (secondary N) is 2. The van der Waals surface area contributed by atoms with E-state index in [4.69, 9.17) is 4.42 Å². The lowest BCUT2D eigenvalue weighted by Crippen LogP contribution is -2.47. The standard InChI is InChI=1S/C23H30N6O2S/c1-15-11-20(27-28(15)2)26-23-24-13-21(31-23)29-10-6-8-17(14-29)25-22(30)19-12-16-7-4-3-5-9-18(16)32-19/h11-13,17H,3-10,14H2,1-2H3,(H,25,30)(H,24,26,27). The molecule has 5 rings (SSSR count). The number of nitrogens with zero attached hydrogens (tertiary/aromatic N) is 4. The molecule has 1 fully saturated rings. The fraction of sp³-hybridized carbons (Fsp3) is 0.522. The summed E-state index contributed by atoms with van der Waals surface area (Å²) in [5.74, 6) is 1.47. The van der Waals surface area contributed by atoms with Crippen molar-refractivity contribution < 1.29 is 9.21 Å². The number of carbonyl (C=O) groups excluding carboxylic acids is 1. The van der Waals surface area contributed by atoms with Crippen LogP contribution in [0.15, 0.2) is 22.7 Å². The number of oxazole rings is 1. The van der Waals surface area contributed by atoms with Crippen molar-refractivity contribution in [1.29, 1.82) is 0 Å². The lowest BCUT2D eigenvalue weighted by Gasteiger charge is -2.32. The Bertz CT molecular complexity index is 1060. The molecule has 0 spiro atoms. The minimum Gasteiger partial charge on any atom is -0.407 e. The minimum atomic E-state index is 0.0559. The summed E-state index contributed by atoms with van der Waals surface area (Å²) in [6.45, 7) is 3.60. The van der Waals surface area contributed by atoms with Gasteiger partial charge in [-0.25, -0.2) is 0 Å². The summed E-state index contributed by atoms with van der Waals surface area (Å²) in [4.78, 5) is 21.7. The Kier molecular flexibility index (Phi) is 5.91. The zero-order valence-corrected chi connectivity index (χ0v) is 19.5. The van der Waals surface area contributed by atoms with Crippen LogP contribution >= 0.6 is 11.3 Å². The third kappa shape index (κ3) is 4.53. The first-order chi connectivity index (χ1) is 15.5. The van der Waals surface area contributed by atoms with E-state index in [1.807, 2.05) is 20.0 Å². The molecule has 0 radical (unpaired) electrons. The highest BCUT2D eigenvalue weighted by molar-refractivity contribution is 7.14. The lowest BCUT2D eigenvalue weighted by atomic mass is 10.1. The topological polar surface area (TPSA) is 88.2 Å². The summed E-state index contributed by atoms with van der Waals surface area (Å²) in [5.41, 5.74) is 2.43. The summed E-state index contributed by atoms with van der Waals surface area (Å²) in [5, 5.41) is 10.7. The van der Waals surface area contributed by atoms with Gasteiger partial charge in [-0.05, 0) is 57.1 Å². The van der Waals surface area contributed by atoms with Crippen LogP contribution in [0.3, 0.4) is 0 Å². The molecule has 2 aliphatic rings. The predicted molar refractivity (Wildman–Crippen MR) is 126 cm³/mol. The molecule has 1 atom stereocenters. The first-order valence-corrected chi connectivity index (χ1v) is 12.3. The van der Waals surface area contributed by atoms with E-state index in [-0.39, 0.29) is 11.9 Å². The average molecular weight is 455 g/mol. The smallest absolute Gasteiger partial charge is 0.302 e. The van der Waals surface area contributed by atoms with Gasteiger partial charge in [-0.15, -0.1) is 11.3 Å². The maximum atomic E-state index is 12.9. The first-order valence-electron chi connectivity index (χ1n) is 11.5. The molecule has 3 aromatic heterocycles. The van der Waals surface area contributed by atoms with E-state index in [1.165, 1.54) is 29.7 Å². The highest BCUT2D eigenvalue weighted by Crippen LogP contribution is 2.29. The monoisotopic (exact) mass is 454 g/mol. The summed E-state index contributed by atoms with van der Waals surface area (Å²) < 4.78 is 7.73. The second-order valence-electron chi connectivity index (χ2n) is 8.80. The summed E-state index contributed by atoms with van der Waals surface area (Å²) in [6, 6.07) is 4.58. The predicted octanol–water partition coefficient (Wildman–Crippen LogP) is 4.19. The Morgan fingerprint density at radius 1 is 1.22 bits per heavy atom. The Labute approximate surface area is 192 Å². The van der Waals surface area contributed by atoms with Crippen LogP contribution in [0.1, 0.15) is 57.9 Å². The number of fused-ring (bicyclic) bond motifs is 1. The van der Waals surface area contributed by atoms with Gasteiger partial charge in [0.15, 0.2) is 5.82 Å². The van der Waals surface area contributed by atoms with E-state index >= 15 is 0 Å². The number of piperidine rings is 1. The number of amides is 1. The molecule has 2 N–H and O–H groups in total. The van der Waals surface area contributed by atoms with E-state index in [1.54, 1.807) is 22.2 Å². The molecule has 1 aliphatic carbocycles. The minimum absolute atomic E-state index is 0.0559.